The van der Waals surface area contributed by atoms with Crippen molar-refractivity contribution < 1.29 is 0 Å². The van der Waals surface area contributed by atoms with Crippen molar-refractivity contribution in [1.29, 1.82) is 5.26 Å². The maximum Gasteiger partial charge on any atom is 0.165 e. The third-order valence-corrected chi connectivity index (χ3v) is 7.86. The summed E-state index contributed by atoms with van der Waals surface area (Å²) in [7, 11) is 0. The van der Waals surface area contributed by atoms with E-state index >= 15 is 0 Å². The highest BCUT2D eigenvalue weighted by molar-refractivity contribution is 6.09. The van der Waals surface area contributed by atoms with E-state index in [9.17, 15) is 5.26 Å². The molecular weight excluding hydrogens is 526 g/mol. The summed E-state index contributed by atoms with van der Waals surface area (Å²) in [5.41, 5.74) is 7.40. The molecule has 0 aliphatic rings. The Hall–Kier alpha value is -5.60. The summed E-state index contributed by atoms with van der Waals surface area (Å²) in [6.07, 6.45) is 0. The summed E-state index contributed by atoms with van der Waals surface area (Å²) in [4.78, 5) is 14.6. The van der Waals surface area contributed by atoms with Gasteiger partial charge in [0.2, 0.25) is 0 Å². The Morgan fingerprint density at radius 3 is 1.79 bits per heavy atom. The second-order valence-corrected chi connectivity index (χ2v) is 11.7. The van der Waals surface area contributed by atoms with Crippen LogP contribution in [0.1, 0.15) is 31.9 Å². The molecule has 0 radical (unpaired) electrons. The average Bonchev–Trinajstić information content (AvgIpc) is 3.38. The van der Waals surface area contributed by atoms with Crippen LogP contribution in [0.4, 0.5) is 0 Å². The van der Waals surface area contributed by atoms with Crippen molar-refractivity contribution in [3.63, 3.8) is 0 Å². The number of hydrogen-bond acceptors (Lipinski definition) is 4. The minimum atomic E-state index is 0.0324. The van der Waals surface area contributed by atoms with Gasteiger partial charge < -0.3 is 4.57 Å². The van der Waals surface area contributed by atoms with Crippen LogP contribution in [-0.4, -0.2) is 19.5 Å². The third kappa shape index (κ3) is 4.73. The molecule has 0 fully saturated rings. The highest BCUT2D eigenvalue weighted by Crippen LogP contribution is 2.36. The van der Waals surface area contributed by atoms with Crippen molar-refractivity contribution in [1.82, 2.24) is 19.5 Å². The molecule has 0 saturated carbocycles. The molecule has 7 aromatic rings. The first kappa shape index (κ1) is 26.3. The fourth-order valence-electron chi connectivity index (χ4n) is 5.60. The van der Waals surface area contributed by atoms with E-state index in [2.05, 4.69) is 73.9 Å². The van der Waals surface area contributed by atoms with Gasteiger partial charge in [-0.2, -0.15) is 5.26 Å². The van der Waals surface area contributed by atoms with Crippen LogP contribution in [0.15, 0.2) is 121 Å². The van der Waals surface area contributed by atoms with Gasteiger partial charge in [-0.05, 0) is 47.4 Å². The van der Waals surface area contributed by atoms with E-state index in [-0.39, 0.29) is 5.41 Å². The zero-order chi connectivity index (χ0) is 29.6. The van der Waals surface area contributed by atoms with Crippen LogP contribution in [0.25, 0.3) is 61.7 Å². The fourth-order valence-corrected chi connectivity index (χ4v) is 5.60. The van der Waals surface area contributed by atoms with E-state index in [0.717, 1.165) is 27.8 Å². The molecule has 0 saturated heterocycles. The first-order chi connectivity index (χ1) is 20.9. The summed E-state index contributed by atoms with van der Waals surface area (Å²) in [5.74, 6) is 1.58. The second kappa shape index (κ2) is 10.3. The quantitative estimate of drug-likeness (QED) is 0.217. The Bertz CT molecular complexity index is 2110. The van der Waals surface area contributed by atoms with Gasteiger partial charge in [-0.15, -0.1) is 0 Å². The number of rotatable bonds is 4. The highest BCUT2D eigenvalue weighted by Gasteiger charge is 2.20. The van der Waals surface area contributed by atoms with Crippen LogP contribution in [-0.2, 0) is 5.41 Å². The average molecular weight is 556 g/mol. The van der Waals surface area contributed by atoms with Crippen LogP contribution in [0.5, 0.6) is 0 Å². The van der Waals surface area contributed by atoms with Crippen LogP contribution >= 0.6 is 0 Å². The maximum atomic E-state index is 10.2. The molecule has 0 N–H and O–H groups in total. The minimum Gasteiger partial charge on any atom is -0.309 e. The molecule has 0 atom stereocenters. The lowest BCUT2D eigenvalue weighted by atomic mass is 9.86. The predicted molar refractivity (Wildman–Crippen MR) is 174 cm³/mol. The largest absolute Gasteiger partial charge is 0.309 e. The van der Waals surface area contributed by atoms with Crippen LogP contribution in [0.2, 0.25) is 0 Å². The van der Waals surface area contributed by atoms with Gasteiger partial charge in [0, 0.05) is 33.2 Å². The third-order valence-electron chi connectivity index (χ3n) is 7.86. The Kier molecular flexibility index (Phi) is 6.33. The second-order valence-electron chi connectivity index (χ2n) is 11.7. The maximum absolute atomic E-state index is 10.2. The highest BCUT2D eigenvalue weighted by atomic mass is 15.0. The molecule has 0 amide bonds. The molecule has 2 heterocycles. The molecule has 0 unspecified atom stereocenters. The molecule has 7 rings (SSSR count). The van der Waals surface area contributed by atoms with Gasteiger partial charge in [0.05, 0.1) is 22.7 Å². The number of fused-ring (bicyclic) bond motifs is 3. The molecule has 43 heavy (non-hydrogen) atoms. The normalized spacial score (nSPS) is 11.6. The molecule has 2 aromatic heterocycles. The summed E-state index contributed by atoms with van der Waals surface area (Å²) in [6.45, 7) is 6.72. The van der Waals surface area contributed by atoms with Crippen LogP contribution < -0.4 is 0 Å². The van der Waals surface area contributed by atoms with Gasteiger partial charge in [0.25, 0.3) is 0 Å². The first-order valence-electron chi connectivity index (χ1n) is 14.4. The van der Waals surface area contributed by atoms with E-state index in [0.29, 0.717) is 28.6 Å². The van der Waals surface area contributed by atoms with Crippen molar-refractivity contribution in [2.24, 2.45) is 0 Å². The lowest BCUT2D eigenvalue weighted by Gasteiger charge is -2.19. The van der Waals surface area contributed by atoms with Crippen molar-refractivity contribution in [2.45, 2.75) is 26.2 Å². The van der Waals surface area contributed by atoms with Gasteiger partial charge in [-0.3, -0.25) is 0 Å². The number of benzene rings is 5. The lowest BCUT2D eigenvalue weighted by molar-refractivity contribution is 0.591. The van der Waals surface area contributed by atoms with Gasteiger partial charge in [-0.1, -0.05) is 106 Å². The van der Waals surface area contributed by atoms with Crippen molar-refractivity contribution in [3.05, 3.63) is 132 Å². The number of aromatic nitrogens is 4. The molecule has 0 bridgehead atoms. The predicted octanol–water partition coefficient (Wildman–Crippen LogP) is 9.14. The zero-order valence-electron chi connectivity index (χ0n) is 24.3. The summed E-state index contributed by atoms with van der Waals surface area (Å²) >= 11 is 0. The molecule has 206 valence electrons. The van der Waals surface area contributed by atoms with Gasteiger partial charge in [-0.25, -0.2) is 15.0 Å². The number of hydrogen-bond donors (Lipinski definition) is 0. The van der Waals surface area contributed by atoms with E-state index in [4.69, 9.17) is 15.0 Å². The lowest BCUT2D eigenvalue weighted by Crippen LogP contribution is -2.10. The topological polar surface area (TPSA) is 67.4 Å². The smallest absolute Gasteiger partial charge is 0.165 e. The van der Waals surface area contributed by atoms with E-state index < -0.39 is 0 Å². The number of nitrogens with zero attached hydrogens (tertiary/aromatic N) is 5. The van der Waals surface area contributed by atoms with Gasteiger partial charge in [0.15, 0.2) is 17.5 Å². The van der Waals surface area contributed by atoms with E-state index in [1.807, 2.05) is 78.9 Å². The number of nitriles is 1. The number of para-hydroxylation sites is 1. The summed E-state index contributed by atoms with van der Waals surface area (Å²) in [6, 6.07) is 43.2. The molecule has 5 nitrogen and oxygen atoms in total. The van der Waals surface area contributed by atoms with E-state index in [1.54, 1.807) is 0 Å². The SMILES string of the molecule is CC(C)(C)c1ccc2c(c1)c1ccccc1n2-c1ccc(C#N)c(-c2nc(-c3ccccc3)nc(-c3ccccc3)n2)c1. The zero-order valence-corrected chi connectivity index (χ0v) is 24.3. The standard InChI is InChI=1S/C38H29N5/c1-38(2,3)28-19-21-34-32(22-28)30-16-10-11-17-33(30)43(34)29-20-18-27(24-39)31(23-29)37-41-35(25-12-6-4-7-13-25)40-36(42-37)26-14-8-5-9-15-26/h4-23H,1-3H3. The Labute approximate surface area is 250 Å². The van der Waals surface area contributed by atoms with Gasteiger partial charge in [0.1, 0.15) is 0 Å². The van der Waals surface area contributed by atoms with Crippen molar-refractivity contribution >= 4 is 21.8 Å². The molecule has 0 aliphatic heterocycles. The van der Waals surface area contributed by atoms with Gasteiger partial charge >= 0.3 is 0 Å². The van der Waals surface area contributed by atoms with Crippen molar-refractivity contribution in [2.75, 3.05) is 0 Å². The van der Waals surface area contributed by atoms with Crippen LogP contribution in [0.3, 0.4) is 0 Å². The molecule has 5 aromatic carbocycles. The molecular formula is C38H29N5. The Morgan fingerprint density at radius 1 is 0.581 bits per heavy atom. The first-order valence-corrected chi connectivity index (χ1v) is 14.4. The van der Waals surface area contributed by atoms with Crippen molar-refractivity contribution in [3.8, 4) is 45.9 Å². The monoisotopic (exact) mass is 555 g/mol. The van der Waals surface area contributed by atoms with E-state index in [1.165, 1.54) is 16.3 Å². The molecule has 5 heteroatoms. The fraction of sp³-hybridized carbons (Fsp3) is 0.105. The summed E-state index contributed by atoms with van der Waals surface area (Å²) in [5, 5.41) is 12.6. The summed E-state index contributed by atoms with van der Waals surface area (Å²) < 4.78 is 2.26. The molecule has 0 aliphatic carbocycles. The Balaban J connectivity index is 1.48. The minimum absolute atomic E-state index is 0.0324. The molecule has 0 spiro atoms. The van der Waals surface area contributed by atoms with Crippen LogP contribution in [0, 0.1) is 11.3 Å². The Morgan fingerprint density at radius 2 is 1.16 bits per heavy atom.